The summed E-state index contributed by atoms with van der Waals surface area (Å²) in [4.78, 5) is 41.2. The number of hydrogen-bond acceptors (Lipinski definition) is 5. The largest absolute Gasteiger partial charge is 0.463 e. The van der Waals surface area contributed by atoms with Crippen LogP contribution in [0.1, 0.15) is 73.4 Å². The van der Waals surface area contributed by atoms with E-state index in [4.69, 9.17) is 4.74 Å². The maximum atomic E-state index is 13.9. The topological polar surface area (TPSA) is 87.7 Å². The number of hydrogen-bond donors (Lipinski definition) is 2. The van der Waals surface area contributed by atoms with Crippen molar-refractivity contribution in [3.8, 4) is 0 Å². The molecule has 40 heavy (non-hydrogen) atoms. The van der Waals surface area contributed by atoms with E-state index in [0.29, 0.717) is 11.1 Å². The highest BCUT2D eigenvalue weighted by Gasteiger charge is 2.42. The van der Waals surface area contributed by atoms with Gasteiger partial charge in [-0.25, -0.2) is 4.79 Å². The highest BCUT2D eigenvalue weighted by molar-refractivity contribution is 5.92. The van der Waals surface area contributed by atoms with Gasteiger partial charge in [0.15, 0.2) is 0 Å². The van der Waals surface area contributed by atoms with Crippen LogP contribution in [0.15, 0.2) is 35.9 Å². The van der Waals surface area contributed by atoms with Gasteiger partial charge < -0.3 is 20.3 Å². The number of carbonyl (C=O) groups is 3. The molecule has 0 saturated heterocycles. The molecule has 0 saturated carbocycles. The quantitative estimate of drug-likeness (QED) is 0.286. The Bertz CT molecular complexity index is 1070. The highest BCUT2D eigenvalue weighted by atomic mass is 19.4. The van der Waals surface area contributed by atoms with Gasteiger partial charge in [0.25, 0.3) is 0 Å². The van der Waals surface area contributed by atoms with Gasteiger partial charge in [0.1, 0.15) is 6.04 Å². The number of esters is 1. The van der Waals surface area contributed by atoms with E-state index in [1.165, 1.54) is 11.0 Å². The Morgan fingerprint density at radius 2 is 1.57 bits per heavy atom. The number of ether oxygens (including phenoxy) is 1. The number of benzene rings is 1. The smallest absolute Gasteiger partial charge is 0.416 e. The molecule has 10 heteroatoms. The lowest BCUT2D eigenvalue weighted by Crippen LogP contribution is -2.61. The molecular weight excluding hydrogens is 523 g/mol. The number of amides is 2. The van der Waals surface area contributed by atoms with E-state index in [2.05, 4.69) is 10.6 Å². The van der Waals surface area contributed by atoms with Crippen molar-refractivity contribution in [3.05, 3.63) is 47.0 Å². The third-order valence-corrected chi connectivity index (χ3v) is 7.10. The standard InChI is InChI=1S/C30H46F3N3O4/c1-12-40-27(39)19(4)16-22(18(2)3)36(11)26(38)24(28(5,6)7)35-25(37)23(34-10)29(8,9)20-14-13-15-21(17-20)30(31,32)33/h13-18,22-24,34H,12H2,1-11H3,(H,35,37)/b19-16+/t22-,23-,24-/m1/s1. The molecule has 3 atom stereocenters. The number of carbonyl (C=O) groups excluding carboxylic acids is 3. The summed E-state index contributed by atoms with van der Waals surface area (Å²) >= 11 is 0. The molecule has 0 aliphatic carbocycles. The minimum atomic E-state index is -4.52. The number of alkyl halides is 3. The molecule has 226 valence electrons. The zero-order valence-electron chi connectivity index (χ0n) is 25.6. The molecule has 0 aliphatic heterocycles. The molecule has 0 aromatic heterocycles. The van der Waals surface area contributed by atoms with Gasteiger partial charge in [-0.2, -0.15) is 13.2 Å². The van der Waals surface area contributed by atoms with Gasteiger partial charge in [-0.15, -0.1) is 0 Å². The summed E-state index contributed by atoms with van der Waals surface area (Å²) in [5, 5.41) is 5.81. The second-order valence-corrected chi connectivity index (χ2v) is 12.1. The number of halogens is 3. The Balaban J connectivity index is 3.38. The lowest BCUT2D eigenvalue weighted by molar-refractivity contribution is -0.141. The summed E-state index contributed by atoms with van der Waals surface area (Å²) in [6.45, 7) is 16.2. The van der Waals surface area contributed by atoms with Gasteiger partial charge in [0.2, 0.25) is 11.8 Å². The number of rotatable bonds is 11. The summed E-state index contributed by atoms with van der Waals surface area (Å²) in [6, 6.07) is 2.53. The molecule has 0 spiro atoms. The van der Waals surface area contributed by atoms with Gasteiger partial charge >= 0.3 is 12.1 Å². The van der Waals surface area contributed by atoms with E-state index in [-0.39, 0.29) is 18.4 Å². The maximum Gasteiger partial charge on any atom is 0.416 e. The van der Waals surface area contributed by atoms with Crippen molar-refractivity contribution < 1.29 is 32.3 Å². The second-order valence-electron chi connectivity index (χ2n) is 12.1. The summed E-state index contributed by atoms with van der Waals surface area (Å²) in [5.41, 5.74) is -1.87. The fourth-order valence-electron chi connectivity index (χ4n) is 4.63. The SMILES string of the molecule is CCOC(=O)/C(C)=C/[C@H](C(C)C)N(C)C(=O)[C@@H](NC(=O)[C@@H](NC)C(C)(C)c1cccc(C(F)(F)F)c1)C(C)(C)C. The summed E-state index contributed by atoms with van der Waals surface area (Å²) in [6.07, 6.45) is -2.83. The van der Waals surface area contributed by atoms with Crippen LogP contribution >= 0.6 is 0 Å². The van der Waals surface area contributed by atoms with E-state index < -0.39 is 52.6 Å². The molecule has 1 aromatic rings. The monoisotopic (exact) mass is 569 g/mol. The molecule has 0 bridgehead atoms. The summed E-state index contributed by atoms with van der Waals surface area (Å²) < 4.78 is 45.2. The Morgan fingerprint density at radius 1 is 1.02 bits per heavy atom. The zero-order chi connectivity index (χ0) is 31.2. The molecular formula is C30H46F3N3O4. The molecule has 7 nitrogen and oxygen atoms in total. The molecule has 0 heterocycles. The van der Waals surface area contributed by atoms with Crippen molar-refractivity contribution in [3.63, 3.8) is 0 Å². The number of likely N-dealkylation sites (N-methyl/N-ethyl adjacent to an activating group) is 2. The molecule has 1 rings (SSSR count). The predicted octanol–water partition coefficient (Wildman–Crippen LogP) is 5.09. The van der Waals surface area contributed by atoms with Crippen molar-refractivity contribution in [2.24, 2.45) is 11.3 Å². The van der Waals surface area contributed by atoms with Crippen LogP contribution in [0, 0.1) is 11.3 Å². The average molecular weight is 570 g/mol. The molecule has 2 amide bonds. The van der Waals surface area contributed by atoms with E-state index in [9.17, 15) is 27.6 Å². The van der Waals surface area contributed by atoms with Crippen LogP contribution in [-0.2, 0) is 30.7 Å². The summed E-state index contributed by atoms with van der Waals surface area (Å²) in [5.74, 6) is -1.41. The number of nitrogens with zero attached hydrogens (tertiary/aromatic N) is 1. The molecule has 1 aromatic carbocycles. The van der Waals surface area contributed by atoms with Crippen LogP contribution < -0.4 is 10.6 Å². The Kier molecular flexibility index (Phi) is 12.0. The van der Waals surface area contributed by atoms with E-state index in [1.54, 1.807) is 53.9 Å². The van der Waals surface area contributed by atoms with Crippen LogP contribution in [0.5, 0.6) is 0 Å². The maximum absolute atomic E-state index is 13.9. The van der Waals surface area contributed by atoms with Crippen LogP contribution in [0.4, 0.5) is 13.2 Å². The van der Waals surface area contributed by atoms with Gasteiger partial charge in [-0.05, 0) is 43.9 Å². The fraction of sp³-hybridized carbons (Fsp3) is 0.633. The first-order valence-corrected chi connectivity index (χ1v) is 13.5. The van der Waals surface area contributed by atoms with Crippen molar-refractivity contribution >= 4 is 17.8 Å². The zero-order valence-corrected chi connectivity index (χ0v) is 25.6. The van der Waals surface area contributed by atoms with Crippen molar-refractivity contribution in [2.75, 3.05) is 20.7 Å². The van der Waals surface area contributed by atoms with Gasteiger partial charge in [-0.1, -0.05) is 72.7 Å². The van der Waals surface area contributed by atoms with Crippen LogP contribution in [0.2, 0.25) is 0 Å². The van der Waals surface area contributed by atoms with Crippen molar-refractivity contribution in [1.29, 1.82) is 0 Å². The van der Waals surface area contributed by atoms with Crippen LogP contribution in [0.25, 0.3) is 0 Å². The normalized spacial score (nSPS) is 15.3. The molecule has 0 unspecified atom stereocenters. The first-order valence-electron chi connectivity index (χ1n) is 13.5. The Labute approximate surface area is 236 Å². The number of nitrogens with one attached hydrogen (secondary N) is 2. The first kappa shape index (κ1) is 35.1. The van der Waals surface area contributed by atoms with E-state index in [0.717, 1.165) is 12.1 Å². The lowest BCUT2D eigenvalue weighted by Gasteiger charge is -2.40. The Hall–Kier alpha value is -2.88. The predicted molar refractivity (Wildman–Crippen MR) is 150 cm³/mol. The van der Waals surface area contributed by atoms with Gasteiger partial charge in [0, 0.05) is 18.0 Å². The Morgan fingerprint density at radius 3 is 2.02 bits per heavy atom. The highest BCUT2D eigenvalue weighted by Crippen LogP contribution is 2.34. The molecule has 0 radical (unpaired) electrons. The minimum absolute atomic E-state index is 0.0560. The van der Waals surface area contributed by atoms with Crippen LogP contribution in [0.3, 0.4) is 0 Å². The third-order valence-electron chi connectivity index (χ3n) is 7.10. The third kappa shape index (κ3) is 8.81. The average Bonchev–Trinajstić information content (AvgIpc) is 2.83. The fourth-order valence-corrected chi connectivity index (χ4v) is 4.63. The van der Waals surface area contributed by atoms with E-state index in [1.807, 2.05) is 34.6 Å². The van der Waals surface area contributed by atoms with E-state index >= 15 is 0 Å². The molecule has 2 N–H and O–H groups in total. The van der Waals surface area contributed by atoms with Crippen LogP contribution in [-0.4, -0.2) is 61.5 Å². The van der Waals surface area contributed by atoms with Gasteiger partial charge in [-0.3, -0.25) is 9.59 Å². The lowest BCUT2D eigenvalue weighted by atomic mass is 9.76. The van der Waals surface area contributed by atoms with Crippen molar-refractivity contribution in [1.82, 2.24) is 15.5 Å². The first-order chi connectivity index (χ1) is 18.2. The summed E-state index contributed by atoms with van der Waals surface area (Å²) in [7, 11) is 3.17. The minimum Gasteiger partial charge on any atom is -0.463 e. The van der Waals surface area contributed by atoms with Crippen molar-refractivity contribution in [2.45, 2.75) is 92.0 Å². The molecule has 0 aliphatic rings. The second kappa shape index (κ2) is 13.7. The van der Waals surface area contributed by atoms with Gasteiger partial charge in [0.05, 0.1) is 24.3 Å². The molecule has 0 fully saturated rings.